The Balaban J connectivity index is 0.00000625. The molecule has 0 aliphatic heterocycles. The number of hydrogen-bond donors (Lipinski definition) is 2. The molecule has 0 unspecified atom stereocenters. The van der Waals surface area contributed by atoms with Gasteiger partial charge in [0.05, 0.1) is 6.61 Å². The van der Waals surface area contributed by atoms with Crippen molar-refractivity contribution < 1.29 is 9.47 Å². The van der Waals surface area contributed by atoms with Gasteiger partial charge in [-0.25, -0.2) is 4.98 Å². The minimum atomic E-state index is 0. The molecule has 150 valence electrons. The van der Waals surface area contributed by atoms with Crippen molar-refractivity contribution in [2.75, 3.05) is 33.4 Å². The zero-order chi connectivity index (χ0) is 18.3. The third-order valence-corrected chi connectivity index (χ3v) is 3.47. The number of nitrogens with one attached hydrogen (secondary N) is 2. The molecule has 0 amide bonds. The van der Waals surface area contributed by atoms with Crippen molar-refractivity contribution in [2.45, 2.75) is 46.6 Å². The zero-order valence-corrected chi connectivity index (χ0v) is 18.9. The van der Waals surface area contributed by atoms with Gasteiger partial charge in [0.15, 0.2) is 5.96 Å². The quantitative estimate of drug-likeness (QED) is 0.208. The SMILES string of the molecule is CCCCOc1ncccc1CNC(=NC)NCCCOCC(C)C.I. The van der Waals surface area contributed by atoms with E-state index in [2.05, 4.69) is 41.4 Å². The number of hydrogen-bond acceptors (Lipinski definition) is 4. The van der Waals surface area contributed by atoms with E-state index in [1.54, 1.807) is 13.2 Å². The predicted octanol–water partition coefficient (Wildman–Crippen LogP) is 3.61. The Morgan fingerprint density at radius 3 is 2.73 bits per heavy atom. The minimum absolute atomic E-state index is 0. The highest BCUT2D eigenvalue weighted by molar-refractivity contribution is 14.0. The van der Waals surface area contributed by atoms with E-state index >= 15 is 0 Å². The molecule has 6 nitrogen and oxygen atoms in total. The molecule has 0 radical (unpaired) electrons. The molecule has 0 spiro atoms. The molecule has 1 heterocycles. The Morgan fingerprint density at radius 2 is 2.04 bits per heavy atom. The summed E-state index contributed by atoms with van der Waals surface area (Å²) in [6.07, 6.45) is 4.85. The predicted molar refractivity (Wildman–Crippen MR) is 119 cm³/mol. The van der Waals surface area contributed by atoms with Gasteiger partial charge in [0.2, 0.25) is 5.88 Å². The maximum atomic E-state index is 5.76. The number of halogens is 1. The van der Waals surface area contributed by atoms with Gasteiger partial charge in [-0.05, 0) is 24.8 Å². The van der Waals surface area contributed by atoms with Crippen LogP contribution < -0.4 is 15.4 Å². The van der Waals surface area contributed by atoms with Crippen LogP contribution in [0.15, 0.2) is 23.3 Å². The van der Waals surface area contributed by atoms with Crippen molar-refractivity contribution in [3.8, 4) is 5.88 Å². The van der Waals surface area contributed by atoms with Crippen LogP contribution in [0.25, 0.3) is 0 Å². The van der Waals surface area contributed by atoms with Crippen molar-refractivity contribution in [1.82, 2.24) is 15.6 Å². The van der Waals surface area contributed by atoms with E-state index in [4.69, 9.17) is 9.47 Å². The Labute approximate surface area is 175 Å². The number of ether oxygens (including phenoxy) is 2. The van der Waals surface area contributed by atoms with Crippen molar-refractivity contribution in [2.24, 2.45) is 10.9 Å². The summed E-state index contributed by atoms with van der Waals surface area (Å²) in [4.78, 5) is 8.57. The Hall–Kier alpha value is -1.09. The van der Waals surface area contributed by atoms with Crippen LogP contribution in [0.1, 0.15) is 45.6 Å². The van der Waals surface area contributed by atoms with E-state index in [1.807, 2.05) is 12.1 Å². The molecule has 26 heavy (non-hydrogen) atoms. The standard InChI is InChI=1S/C19H34N4O2.HI/c1-5-6-13-25-18-17(9-7-10-21-18)14-23-19(20-4)22-11-8-12-24-15-16(2)3;/h7,9-10,16H,5-6,8,11-15H2,1-4H3,(H2,20,22,23);1H. The van der Waals surface area contributed by atoms with E-state index in [0.717, 1.165) is 50.5 Å². The average molecular weight is 478 g/mol. The number of aliphatic imine (C=N–C) groups is 1. The summed E-state index contributed by atoms with van der Waals surface area (Å²) in [5.41, 5.74) is 1.03. The molecular weight excluding hydrogens is 443 g/mol. The Morgan fingerprint density at radius 1 is 1.23 bits per heavy atom. The maximum absolute atomic E-state index is 5.76. The summed E-state index contributed by atoms with van der Waals surface area (Å²) in [6, 6.07) is 3.94. The van der Waals surface area contributed by atoms with Crippen LogP contribution >= 0.6 is 24.0 Å². The third kappa shape index (κ3) is 11.5. The van der Waals surface area contributed by atoms with Crippen molar-refractivity contribution in [1.29, 1.82) is 0 Å². The Bertz CT molecular complexity index is 498. The smallest absolute Gasteiger partial charge is 0.218 e. The summed E-state index contributed by atoms with van der Waals surface area (Å²) < 4.78 is 11.3. The van der Waals surface area contributed by atoms with Gasteiger partial charge in [-0.2, -0.15) is 0 Å². The fraction of sp³-hybridized carbons (Fsp3) is 0.684. The number of rotatable bonds is 12. The molecule has 0 saturated carbocycles. The summed E-state index contributed by atoms with van der Waals surface area (Å²) in [5, 5.41) is 6.60. The van der Waals surface area contributed by atoms with Gasteiger partial charge in [-0.3, -0.25) is 4.99 Å². The largest absolute Gasteiger partial charge is 0.477 e. The fourth-order valence-electron chi connectivity index (χ4n) is 2.10. The van der Waals surface area contributed by atoms with Crippen LogP contribution in [0, 0.1) is 5.92 Å². The second-order valence-electron chi connectivity index (χ2n) is 6.34. The van der Waals surface area contributed by atoms with E-state index in [1.165, 1.54) is 0 Å². The molecular formula is C19H35IN4O2. The summed E-state index contributed by atoms with van der Waals surface area (Å²) >= 11 is 0. The third-order valence-electron chi connectivity index (χ3n) is 3.47. The van der Waals surface area contributed by atoms with E-state index < -0.39 is 0 Å². The normalized spacial score (nSPS) is 11.2. The molecule has 0 fully saturated rings. The first-order valence-corrected chi connectivity index (χ1v) is 9.26. The van der Waals surface area contributed by atoms with Gasteiger partial charge in [0.1, 0.15) is 0 Å². The topological polar surface area (TPSA) is 67.8 Å². The van der Waals surface area contributed by atoms with Gasteiger partial charge in [-0.15, -0.1) is 24.0 Å². The highest BCUT2D eigenvalue weighted by Gasteiger charge is 2.06. The maximum Gasteiger partial charge on any atom is 0.218 e. The highest BCUT2D eigenvalue weighted by Crippen LogP contribution is 2.14. The summed E-state index contributed by atoms with van der Waals surface area (Å²) in [5.74, 6) is 2.05. The number of pyridine rings is 1. The van der Waals surface area contributed by atoms with Crippen LogP contribution in [0.5, 0.6) is 5.88 Å². The monoisotopic (exact) mass is 478 g/mol. The van der Waals surface area contributed by atoms with Crippen LogP contribution in [0.2, 0.25) is 0 Å². The molecule has 0 bridgehead atoms. The van der Waals surface area contributed by atoms with Gasteiger partial charge >= 0.3 is 0 Å². The second kappa shape index (κ2) is 16.1. The number of aromatic nitrogens is 1. The molecule has 1 aromatic rings. The number of nitrogens with zero attached hydrogens (tertiary/aromatic N) is 2. The first-order chi connectivity index (χ1) is 12.2. The first kappa shape index (κ1) is 24.9. The Kier molecular flexibility index (Phi) is 15.4. The lowest BCUT2D eigenvalue weighted by Gasteiger charge is -2.14. The first-order valence-electron chi connectivity index (χ1n) is 9.26. The van der Waals surface area contributed by atoms with E-state index in [9.17, 15) is 0 Å². The van der Waals surface area contributed by atoms with Crippen LogP contribution in [-0.2, 0) is 11.3 Å². The van der Waals surface area contributed by atoms with Gasteiger partial charge in [-0.1, -0.05) is 33.3 Å². The van der Waals surface area contributed by atoms with Crippen LogP contribution in [-0.4, -0.2) is 44.4 Å². The number of unbranched alkanes of at least 4 members (excludes halogenated alkanes) is 1. The van der Waals surface area contributed by atoms with E-state index in [-0.39, 0.29) is 24.0 Å². The molecule has 0 aliphatic carbocycles. The van der Waals surface area contributed by atoms with Crippen LogP contribution in [0.3, 0.4) is 0 Å². The summed E-state index contributed by atoms with van der Waals surface area (Å²) in [7, 11) is 1.77. The molecule has 0 saturated heterocycles. The summed E-state index contributed by atoms with van der Waals surface area (Å²) in [6.45, 7) is 10.2. The minimum Gasteiger partial charge on any atom is -0.477 e. The fourth-order valence-corrected chi connectivity index (χ4v) is 2.10. The highest BCUT2D eigenvalue weighted by atomic mass is 127. The van der Waals surface area contributed by atoms with E-state index in [0.29, 0.717) is 24.9 Å². The van der Waals surface area contributed by atoms with Crippen molar-refractivity contribution in [3.05, 3.63) is 23.9 Å². The number of guanidine groups is 1. The molecule has 1 aromatic heterocycles. The van der Waals surface area contributed by atoms with Gasteiger partial charge in [0.25, 0.3) is 0 Å². The van der Waals surface area contributed by atoms with Gasteiger partial charge < -0.3 is 20.1 Å². The molecule has 0 aromatic carbocycles. The molecule has 1 rings (SSSR count). The zero-order valence-electron chi connectivity index (χ0n) is 16.6. The molecule has 2 N–H and O–H groups in total. The molecule has 0 aliphatic rings. The lowest BCUT2D eigenvalue weighted by Crippen LogP contribution is -2.37. The average Bonchev–Trinajstić information content (AvgIpc) is 2.61. The molecule has 7 heteroatoms. The van der Waals surface area contributed by atoms with Crippen molar-refractivity contribution in [3.63, 3.8) is 0 Å². The van der Waals surface area contributed by atoms with Crippen molar-refractivity contribution >= 4 is 29.9 Å². The lowest BCUT2D eigenvalue weighted by atomic mass is 10.2. The van der Waals surface area contributed by atoms with Crippen LogP contribution in [0.4, 0.5) is 0 Å². The molecule has 0 atom stereocenters. The second-order valence-corrected chi connectivity index (χ2v) is 6.34. The van der Waals surface area contributed by atoms with Gasteiger partial charge in [0, 0.05) is 45.1 Å². The lowest BCUT2D eigenvalue weighted by molar-refractivity contribution is 0.108.